The number of nitrogens with zero attached hydrogens (tertiary/aromatic N) is 1. The summed E-state index contributed by atoms with van der Waals surface area (Å²) in [7, 11) is -1.85. The first kappa shape index (κ1) is 19.7. The molecule has 2 atom stereocenters. The average molecular weight is 369 g/mol. The van der Waals surface area contributed by atoms with E-state index in [1.807, 2.05) is 0 Å². The minimum atomic E-state index is -3.58. The van der Waals surface area contributed by atoms with Crippen LogP contribution >= 0.6 is 0 Å². The highest BCUT2D eigenvalue weighted by Gasteiger charge is 2.29. The molecule has 0 saturated heterocycles. The summed E-state index contributed by atoms with van der Waals surface area (Å²) in [6.45, 7) is 4.40. The van der Waals surface area contributed by atoms with Gasteiger partial charge >= 0.3 is 0 Å². The zero-order chi connectivity index (χ0) is 18.6. The van der Waals surface area contributed by atoms with E-state index < -0.39 is 10.0 Å². The number of rotatable bonds is 7. The van der Waals surface area contributed by atoms with Crippen molar-refractivity contribution in [2.24, 2.45) is 11.7 Å². The Morgan fingerprint density at radius 2 is 1.92 bits per heavy atom. The predicted octanol–water partition coefficient (Wildman–Crippen LogP) is 1.82. The minimum absolute atomic E-state index is 0.0638. The molecule has 1 amide bonds. The molecule has 0 aromatic heterocycles. The summed E-state index contributed by atoms with van der Waals surface area (Å²) in [5.41, 5.74) is 7.03. The summed E-state index contributed by atoms with van der Waals surface area (Å²) >= 11 is 0. The van der Waals surface area contributed by atoms with Crippen LogP contribution in [-0.4, -0.2) is 44.8 Å². The van der Waals surface area contributed by atoms with Crippen molar-refractivity contribution in [3.63, 3.8) is 0 Å². The fraction of sp³-hybridized carbons (Fsp3) is 0.588. The van der Waals surface area contributed by atoms with E-state index in [0.29, 0.717) is 30.9 Å². The molecule has 2 rings (SSSR count). The van der Waals surface area contributed by atoms with Gasteiger partial charge in [-0.05, 0) is 37.5 Å². The lowest BCUT2D eigenvalue weighted by molar-refractivity contribution is -0.119. The summed E-state index contributed by atoms with van der Waals surface area (Å²) < 4.78 is 26.8. The van der Waals surface area contributed by atoms with Crippen LogP contribution in [0.5, 0.6) is 0 Å². The van der Waals surface area contributed by atoms with Crippen molar-refractivity contribution in [2.45, 2.75) is 44.0 Å². The molecule has 1 aromatic rings. The molecule has 1 aliphatic rings. The van der Waals surface area contributed by atoms with Gasteiger partial charge in [0, 0.05) is 32.1 Å². The summed E-state index contributed by atoms with van der Waals surface area (Å²) in [4.78, 5) is 12.7. The molecule has 2 unspecified atom stereocenters. The van der Waals surface area contributed by atoms with E-state index in [1.165, 1.54) is 10.4 Å². The zero-order valence-corrected chi connectivity index (χ0v) is 15.9. The van der Waals surface area contributed by atoms with E-state index in [4.69, 9.17) is 5.73 Å². The Bertz CT molecular complexity index is 717. The first-order valence-corrected chi connectivity index (χ1v) is 10.2. The second-order valence-corrected chi connectivity index (χ2v) is 8.24. The number of nitrogens with one attached hydrogen (secondary N) is 2. The zero-order valence-electron chi connectivity index (χ0n) is 15.1. The van der Waals surface area contributed by atoms with Crippen molar-refractivity contribution in [2.75, 3.05) is 30.8 Å². The lowest BCUT2D eigenvalue weighted by Crippen LogP contribution is -2.30. The van der Waals surface area contributed by atoms with Crippen molar-refractivity contribution < 1.29 is 13.2 Å². The van der Waals surface area contributed by atoms with E-state index >= 15 is 0 Å². The van der Waals surface area contributed by atoms with E-state index in [2.05, 4.69) is 10.6 Å². The number of sulfonamides is 1. The topological polar surface area (TPSA) is 105 Å². The van der Waals surface area contributed by atoms with Gasteiger partial charge < -0.3 is 16.4 Å². The van der Waals surface area contributed by atoms with Crippen LogP contribution in [0, 0.1) is 5.92 Å². The Labute approximate surface area is 150 Å². The Balaban J connectivity index is 2.29. The smallest absolute Gasteiger partial charge is 0.243 e. The third-order valence-corrected chi connectivity index (χ3v) is 6.75. The normalized spacial score (nSPS) is 20.7. The number of hydrogen-bond acceptors (Lipinski definition) is 5. The molecule has 0 spiro atoms. The molecular weight excluding hydrogens is 340 g/mol. The molecule has 0 aliphatic heterocycles. The van der Waals surface area contributed by atoms with Crippen LogP contribution < -0.4 is 16.4 Å². The van der Waals surface area contributed by atoms with Crippen LogP contribution in [-0.2, 0) is 14.8 Å². The van der Waals surface area contributed by atoms with Crippen molar-refractivity contribution in [1.82, 2.24) is 4.31 Å². The standard InChI is InChI=1S/C17H28N4O3S/c1-4-21(5-2)25(23,24)14-8-9-15(19-3)16(11-14)20-17(22)12-6-7-13(18)10-12/h8-9,11-13,19H,4-7,10,18H2,1-3H3,(H,20,22). The second kappa shape index (κ2) is 8.16. The van der Waals surface area contributed by atoms with Gasteiger partial charge in [-0.25, -0.2) is 8.42 Å². The molecule has 1 aliphatic carbocycles. The number of benzene rings is 1. The number of nitrogens with two attached hydrogens (primary N) is 1. The second-order valence-electron chi connectivity index (χ2n) is 6.31. The van der Waals surface area contributed by atoms with Gasteiger partial charge in [-0.1, -0.05) is 13.8 Å². The van der Waals surface area contributed by atoms with Crippen molar-refractivity contribution in [3.05, 3.63) is 18.2 Å². The monoisotopic (exact) mass is 368 g/mol. The highest BCUT2D eigenvalue weighted by molar-refractivity contribution is 7.89. The lowest BCUT2D eigenvalue weighted by atomic mass is 10.1. The van der Waals surface area contributed by atoms with Gasteiger partial charge in [-0.2, -0.15) is 4.31 Å². The van der Waals surface area contributed by atoms with E-state index in [9.17, 15) is 13.2 Å². The molecule has 1 fully saturated rings. The Hall–Kier alpha value is -1.64. The Morgan fingerprint density at radius 3 is 2.44 bits per heavy atom. The molecule has 0 heterocycles. The molecular formula is C17H28N4O3S. The minimum Gasteiger partial charge on any atom is -0.386 e. The van der Waals surface area contributed by atoms with Gasteiger partial charge in [-0.3, -0.25) is 4.79 Å². The third-order valence-electron chi connectivity index (χ3n) is 4.71. The maximum absolute atomic E-state index is 12.7. The highest BCUT2D eigenvalue weighted by Crippen LogP contribution is 2.30. The fourth-order valence-corrected chi connectivity index (χ4v) is 4.69. The molecule has 4 N–H and O–H groups in total. The quantitative estimate of drug-likeness (QED) is 0.681. The maximum atomic E-state index is 12.7. The molecule has 1 saturated carbocycles. The van der Waals surface area contributed by atoms with Gasteiger partial charge in [0.1, 0.15) is 0 Å². The molecule has 140 valence electrons. The van der Waals surface area contributed by atoms with Crippen LogP contribution in [0.1, 0.15) is 33.1 Å². The Morgan fingerprint density at radius 1 is 1.24 bits per heavy atom. The van der Waals surface area contributed by atoms with Gasteiger partial charge in [0.15, 0.2) is 0 Å². The molecule has 25 heavy (non-hydrogen) atoms. The third kappa shape index (κ3) is 4.31. The molecule has 0 radical (unpaired) electrons. The molecule has 8 heteroatoms. The van der Waals surface area contributed by atoms with Crippen LogP contribution in [0.2, 0.25) is 0 Å². The summed E-state index contributed by atoms with van der Waals surface area (Å²) in [6, 6.07) is 4.81. The fourth-order valence-electron chi connectivity index (χ4n) is 3.21. The summed E-state index contributed by atoms with van der Waals surface area (Å²) in [5.74, 6) is -0.232. The van der Waals surface area contributed by atoms with E-state index in [0.717, 1.165) is 12.8 Å². The number of anilines is 2. The number of amides is 1. The van der Waals surface area contributed by atoms with Gasteiger partial charge in [-0.15, -0.1) is 0 Å². The van der Waals surface area contributed by atoms with E-state index in [-0.39, 0.29) is 22.8 Å². The highest BCUT2D eigenvalue weighted by atomic mass is 32.2. The van der Waals surface area contributed by atoms with Crippen molar-refractivity contribution >= 4 is 27.3 Å². The van der Waals surface area contributed by atoms with E-state index in [1.54, 1.807) is 33.0 Å². The average Bonchev–Trinajstić information content (AvgIpc) is 3.02. The molecule has 7 nitrogen and oxygen atoms in total. The molecule has 0 bridgehead atoms. The van der Waals surface area contributed by atoms with Crippen LogP contribution in [0.3, 0.4) is 0 Å². The Kier molecular flexibility index (Phi) is 6.42. The first-order chi connectivity index (χ1) is 11.8. The van der Waals surface area contributed by atoms with Crippen molar-refractivity contribution in [1.29, 1.82) is 0 Å². The van der Waals surface area contributed by atoms with Crippen molar-refractivity contribution in [3.8, 4) is 0 Å². The summed E-state index contributed by atoms with van der Waals surface area (Å²) in [5, 5.41) is 5.86. The SMILES string of the molecule is CCN(CC)S(=O)(=O)c1ccc(NC)c(NC(=O)C2CCC(N)C2)c1. The van der Waals surface area contributed by atoms with Gasteiger partial charge in [0.05, 0.1) is 16.3 Å². The number of hydrogen-bond donors (Lipinski definition) is 3. The van der Waals surface area contributed by atoms with Gasteiger partial charge in [0.2, 0.25) is 15.9 Å². The molecule has 1 aromatic carbocycles. The number of carbonyl (C=O) groups excluding carboxylic acids is 1. The van der Waals surface area contributed by atoms with Crippen LogP contribution in [0.15, 0.2) is 23.1 Å². The van der Waals surface area contributed by atoms with Crippen LogP contribution in [0.25, 0.3) is 0 Å². The summed E-state index contributed by atoms with van der Waals surface area (Å²) in [6.07, 6.45) is 2.27. The first-order valence-electron chi connectivity index (χ1n) is 8.71. The van der Waals surface area contributed by atoms with Gasteiger partial charge in [0.25, 0.3) is 0 Å². The number of carbonyl (C=O) groups is 1. The lowest BCUT2D eigenvalue weighted by Gasteiger charge is -2.20. The maximum Gasteiger partial charge on any atom is 0.243 e. The van der Waals surface area contributed by atoms with Crippen LogP contribution in [0.4, 0.5) is 11.4 Å². The largest absolute Gasteiger partial charge is 0.386 e. The predicted molar refractivity (Wildman–Crippen MR) is 100 cm³/mol.